The first-order valence-corrected chi connectivity index (χ1v) is 12.0. The van der Waals surface area contributed by atoms with Crippen LogP contribution in [0.2, 0.25) is 0 Å². The molecule has 2 aromatic rings. The Morgan fingerprint density at radius 3 is 2.50 bits per heavy atom. The van der Waals surface area contributed by atoms with E-state index in [2.05, 4.69) is 5.32 Å². The summed E-state index contributed by atoms with van der Waals surface area (Å²) in [6.45, 7) is 6.03. The topological polar surface area (TPSA) is 75.7 Å². The van der Waals surface area contributed by atoms with Crippen LogP contribution in [0.25, 0.3) is 0 Å². The number of amides is 1. The molecule has 1 N–H and O–H groups in total. The fourth-order valence-electron chi connectivity index (χ4n) is 3.51. The van der Waals surface area contributed by atoms with E-state index in [1.54, 1.807) is 7.11 Å². The molecule has 7 heteroatoms. The molecule has 2 aromatic carbocycles. The highest BCUT2D eigenvalue weighted by Crippen LogP contribution is 2.27. The Morgan fingerprint density at radius 2 is 1.87 bits per heavy atom. The fourth-order valence-corrected chi connectivity index (χ4v) is 4.77. The quantitative estimate of drug-likeness (QED) is 0.582. The molecule has 30 heavy (non-hydrogen) atoms. The standard InChI is InChI=1S/C23H32N2O4S/c1-6-20(25(30(5,27)28)21-16-17(2)13-14-18(21)3)23(26)24-15-9-11-19-10-7-8-12-22(19)29-4/h7-8,10,12-14,16,20H,6,9,11,15H2,1-5H3,(H,24,26)/t20-/m0/s1. The number of anilines is 1. The summed E-state index contributed by atoms with van der Waals surface area (Å²) in [5.74, 6) is 0.539. The maximum atomic E-state index is 12.9. The van der Waals surface area contributed by atoms with Crippen LogP contribution in [0.4, 0.5) is 5.69 Å². The summed E-state index contributed by atoms with van der Waals surface area (Å²) in [6, 6.07) is 12.6. The Morgan fingerprint density at radius 1 is 1.17 bits per heavy atom. The molecule has 2 rings (SSSR count). The largest absolute Gasteiger partial charge is 0.496 e. The van der Waals surface area contributed by atoms with Crippen molar-refractivity contribution in [2.24, 2.45) is 0 Å². The van der Waals surface area contributed by atoms with Crippen LogP contribution in [-0.4, -0.2) is 40.3 Å². The van der Waals surface area contributed by atoms with Gasteiger partial charge in [-0.1, -0.05) is 37.3 Å². The van der Waals surface area contributed by atoms with Crippen LogP contribution in [0.3, 0.4) is 0 Å². The van der Waals surface area contributed by atoms with Gasteiger partial charge in [-0.3, -0.25) is 9.10 Å². The van der Waals surface area contributed by atoms with Gasteiger partial charge in [0.05, 0.1) is 19.1 Å². The average molecular weight is 433 g/mol. The Hall–Kier alpha value is -2.54. The molecule has 164 valence electrons. The van der Waals surface area contributed by atoms with E-state index in [0.717, 1.165) is 41.5 Å². The number of nitrogens with zero attached hydrogens (tertiary/aromatic N) is 1. The van der Waals surface area contributed by atoms with Crippen molar-refractivity contribution >= 4 is 21.6 Å². The molecule has 0 aliphatic rings. The van der Waals surface area contributed by atoms with Crippen LogP contribution in [0.1, 0.15) is 36.5 Å². The lowest BCUT2D eigenvalue weighted by Gasteiger charge is -2.31. The van der Waals surface area contributed by atoms with E-state index in [0.29, 0.717) is 18.7 Å². The summed E-state index contributed by atoms with van der Waals surface area (Å²) in [4.78, 5) is 12.9. The van der Waals surface area contributed by atoms with Gasteiger partial charge in [0.25, 0.3) is 0 Å². The number of aryl methyl sites for hydroxylation is 3. The lowest BCUT2D eigenvalue weighted by Crippen LogP contribution is -2.49. The second-order valence-electron chi connectivity index (χ2n) is 7.48. The maximum Gasteiger partial charge on any atom is 0.243 e. The number of carbonyl (C=O) groups is 1. The van der Waals surface area contributed by atoms with Crippen molar-refractivity contribution in [2.45, 2.75) is 46.1 Å². The molecule has 1 amide bonds. The smallest absolute Gasteiger partial charge is 0.243 e. The summed E-state index contributed by atoms with van der Waals surface area (Å²) in [7, 11) is -2.00. The molecule has 0 radical (unpaired) electrons. The minimum Gasteiger partial charge on any atom is -0.496 e. The minimum absolute atomic E-state index is 0.288. The number of nitrogens with one attached hydrogen (secondary N) is 1. The fraction of sp³-hybridized carbons (Fsp3) is 0.435. The zero-order chi connectivity index (χ0) is 22.3. The van der Waals surface area contributed by atoms with Gasteiger partial charge < -0.3 is 10.1 Å². The van der Waals surface area contributed by atoms with Crippen molar-refractivity contribution in [3.63, 3.8) is 0 Å². The van der Waals surface area contributed by atoms with Crippen LogP contribution < -0.4 is 14.4 Å². The van der Waals surface area contributed by atoms with Crippen LogP contribution in [0.15, 0.2) is 42.5 Å². The van der Waals surface area contributed by atoms with Crippen molar-refractivity contribution in [2.75, 3.05) is 24.2 Å². The van der Waals surface area contributed by atoms with Gasteiger partial charge >= 0.3 is 0 Å². The average Bonchev–Trinajstić information content (AvgIpc) is 2.70. The predicted octanol–water partition coefficient (Wildman–Crippen LogP) is 3.61. The second-order valence-corrected chi connectivity index (χ2v) is 9.34. The minimum atomic E-state index is -3.64. The maximum absolute atomic E-state index is 12.9. The third-order valence-electron chi connectivity index (χ3n) is 5.05. The van der Waals surface area contributed by atoms with Gasteiger partial charge in [-0.2, -0.15) is 0 Å². The SMILES string of the molecule is CC[C@@H](C(=O)NCCCc1ccccc1OC)N(c1cc(C)ccc1C)S(C)(=O)=O. The number of benzene rings is 2. The van der Waals surface area contributed by atoms with Crippen LogP contribution in [0, 0.1) is 13.8 Å². The molecule has 0 bridgehead atoms. The summed E-state index contributed by atoms with van der Waals surface area (Å²) >= 11 is 0. The number of sulfonamides is 1. The first-order valence-electron chi connectivity index (χ1n) is 10.1. The molecule has 0 spiro atoms. The Bertz CT molecular complexity index is 973. The number of rotatable bonds is 10. The van der Waals surface area contributed by atoms with Crippen molar-refractivity contribution < 1.29 is 17.9 Å². The lowest BCUT2D eigenvalue weighted by atomic mass is 10.1. The van der Waals surface area contributed by atoms with Crippen LogP contribution in [0.5, 0.6) is 5.75 Å². The van der Waals surface area contributed by atoms with Gasteiger partial charge in [0.2, 0.25) is 15.9 Å². The Kier molecular flexibility index (Phi) is 8.29. The van der Waals surface area contributed by atoms with Gasteiger partial charge in [-0.15, -0.1) is 0 Å². The van der Waals surface area contributed by atoms with Crippen molar-refractivity contribution in [1.82, 2.24) is 5.32 Å². The van der Waals surface area contributed by atoms with Crippen molar-refractivity contribution in [3.05, 3.63) is 59.2 Å². The van der Waals surface area contributed by atoms with E-state index in [1.165, 1.54) is 4.31 Å². The molecule has 0 saturated heterocycles. The first-order chi connectivity index (χ1) is 14.2. The molecule has 0 aliphatic carbocycles. The number of hydrogen-bond donors (Lipinski definition) is 1. The number of para-hydroxylation sites is 1. The van der Waals surface area contributed by atoms with E-state index in [-0.39, 0.29) is 5.91 Å². The molecular weight excluding hydrogens is 400 g/mol. The third-order valence-corrected chi connectivity index (χ3v) is 6.21. The molecule has 0 aromatic heterocycles. The third kappa shape index (κ3) is 5.98. The van der Waals surface area contributed by atoms with Gasteiger partial charge in [-0.25, -0.2) is 8.42 Å². The van der Waals surface area contributed by atoms with Gasteiger partial charge in [-0.05, 0) is 61.9 Å². The molecule has 6 nitrogen and oxygen atoms in total. The molecule has 0 fully saturated rings. The van der Waals surface area contributed by atoms with Crippen molar-refractivity contribution in [3.8, 4) is 5.75 Å². The zero-order valence-corrected chi connectivity index (χ0v) is 19.3. The Labute approximate surface area is 180 Å². The van der Waals surface area contributed by atoms with E-state index in [9.17, 15) is 13.2 Å². The molecule has 0 heterocycles. The van der Waals surface area contributed by atoms with E-state index < -0.39 is 16.1 Å². The lowest BCUT2D eigenvalue weighted by molar-refractivity contribution is -0.122. The highest BCUT2D eigenvalue weighted by Gasteiger charge is 2.32. The molecule has 1 atom stereocenters. The normalized spacial score (nSPS) is 12.3. The Balaban J connectivity index is 2.11. The predicted molar refractivity (Wildman–Crippen MR) is 122 cm³/mol. The summed E-state index contributed by atoms with van der Waals surface area (Å²) < 4.78 is 31.8. The highest BCUT2D eigenvalue weighted by atomic mass is 32.2. The zero-order valence-electron chi connectivity index (χ0n) is 18.4. The summed E-state index contributed by atoms with van der Waals surface area (Å²) in [5.41, 5.74) is 3.38. The highest BCUT2D eigenvalue weighted by molar-refractivity contribution is 7.92. The summed E-state index contributed by atoms with van der Waals surface area (Å²) in [6.07, 6.45) is 3.00. The second kappa shape index (κ2) is 10.5. The number of ether oxygens (including phenoxy) is 1. The molecule has 0 aliphatic heterocycles. The van der Waals surface area contributed by atoms with Gasteiger partial charge in [0.1, 0.15) is 11.8 Å². The summed E-state index contributed by atoms with van der Waals surface area (Å²) in [5, 5.41) is 2.91. The number of methoxy groups -OCH3 is 1. The van der Waals surface area contributed by atoms with E-state index >= 15 is 0 Å². The van der Waals surface area contributed by atoms with Crippen LogP contribution in [-0.2, 0) is 21.2 Å². The van der Waals surface area contributed by atoms with Gasteiger partial charge in [0.15, 0.2) is 0 Å². The molecule has 0 saturated carbocycles. The molecule has 0 unspecified atom stereocenters. The van der Waals surface area contributed by atoms with Crippen LogP contribution >= 0.6 is 0 Å². The molecular formula is C23H32N2O4S. The van der Waals surface area contributed by atoms with E-state index in [4.69, 9.17) is 4.74 Å². The number of hydrogen-bond acceptors (Lipinski definition) is 4. The van der Waals surface area contributed by atoms with Gasteiger partial charge in [0, 0.05) is 6.54 Å². The first kappa shape index (κ1) is 23.7. The number of carbonyl (C=O) groups excluding carboxylic acids is 1. The monoisotopic (exact) mass is 432 g/mol. The van der Waals surface area contributed by atoms with E-state index in [1.807, 2.05) is 63.2 Å². The van der Waals surface area contributed by atoms with Crippen molar-refractivity contribution in [1.29, 1.82) is 0 Å².